The Morgan fingerprint density at radius 1 is 1.10 bits per heavy atom. The van der Waals surface area contributed by atoms with Gasteiger partial charge in [-0.15, -0.1) is 0 Å². The maximum atomic E-state index is 11.8. The van der Waals surface area contributed by atoms with Gasteiger partial charge in [-0.1, -0.05) is 35.9 Å². The van der Waals surface area contributed by atoms with Crippen LogP contribution in [0.15, 0.2) is 48.5 Å². The van der Waals surface area contributed by atoms with Gasteiger partial charge in [0.2, 0.25) is 5.91 Å². The first kappa shape index (κ1) is 15.5. The first-order valence-corrected chi connectivity index (χ1v) is 7.33. The molecule has 0 atom stereocenters. The lowest BCUT2D eigenvalue weighted by Gasteiger charge is -2.08. The van der Waals surface area contributed by atoms with Gasteiger partial charge in [-0.05, 0) is 55.3 Å². The van der Waals surface area contributed by atoms with E-state index in [2.05, 4.69) is 29.7 Å². The minimum Gasteiger partial charge on any atom is -0.325 e. The summed E-state index contributed by atoms with van der Waals surface area (Å²) >= 11 is 5.80. The van der Waals surface area contributed by atoms with Crippen molar-refractivity contribution in [3.63, 3.8) is 0 Å². The van der Waals surface area contributed by atoms with E-state index in [9.17, 15) is 4.79 Å². The van der Waals surface area contributed by atoms with E-state index in [1.807, 2.05) is 12.1 Å². The van der Waals surface area contributed by atoms with E-state index in [1.54, 1.807) is 24.3 Å². The second-order valence-corrected chi connectivity index (χ2v) is 5.34. The van der Waals surface area contributed by atoms with Gasteiger partial charge in [0.05, 0.1) is 6.54 Å². The minimum absolute atomic E-state index is 0.0536. The van der Waals surface area contributed by atoms with Crippen molar-refractivity contribution in [2.24, 2.45) is 0 Å². The molecule has 0 bridgehead atoms. The molecule has 0 saturated carbocycles. The van der Waals surface area contributed by atoms with Crippen LogP contribution in [-0.2, 0) is 11.2 Å². The molecule has 2 rings (SSSR count). The van der Waals surface area contributed by atoms with E-state index in [0.29, 0.717) is 11.6 Å². The number of benzene rings is 2. The van der Waals surface area contributed by atoms with E-state index in [-0.39, 0.29) is 5.91 Å². The first-order valence-electron chi connectivity index (χ1n) is 6.96. The number of hydrogen-bond donors (Lipinski definition) is 2. The molecular weight excluding hydrogens is 284 g/mol. The van der Waals surface area contributed by atoms with Gasteiger partial charge >= 0.3 is 0 Å². The SMILES string of the molecule is Cc1ccccc1CCNCC(=O)Nc1ccc(Cl)cc1. The number of carbonyl (C=O) groups excluding carboxylic acids is 1. The van der Waals surface area contributed by atoms with E-state index in [1.165, 1.54) is 11.1 Å². The number of rotatable bonds is 6. The van der Waals surface area contributed by atoms with Crippen LogP contribution in [0, 0.1) is 6.92 Å². The molecule has 0 aliphatic rings. The third-order valence-corrected chi connectivity index (χ3v) is 3.50. The molecule has 0 heterocycles. The predicted molar refractivity (Wildman–Crippen MR) is 87.8 cm³/mol. The Bertz CT molecular complexity index is 596. The highest BCUT2D eigenvalue weighted by molar-refractivity contribution is 6.30. The first-order chi connectivity index (χ1) is 10.1. The lowest BCUT2D eigenvalue weighted by molar-refractivity contribution is -0.115. The molecule has 4 heteroatoms. The van der Waals surface area contributed by atoms with Crippen LogP contribution in [-0.4, -0.2) is 19.0 Å². The third-order valence-electron chi connectivity index (χ3n) is 3.25. The number of carbonyl (C=O) groups is 1. The van der Waals surface area contributed by atoms with Crippen LogP contribution in [0.4, 0.5) is 5.69 Å². The van der Waals surface area contributed by atoms with E-state index < -0.39 is 0 Å². The lowest BCUT2D eigenvalue weighted by Crippen LogP contribution is -2.29. The van der Waals surface area contributed by atoms with Crippen molar-refractivity contribution in [2.75, 3.05) is 18.4 Å². The van der Waals surface area contributed by atoms with E-state index in [4.69, 9.17) is 11.6 Å². The van der Waals surface area contributed by atoms with Gasteiger partial charge in [-0.3, -0.25) is 4.79 Å². The molecule has 0 aliphatic carbocycles. The van der Waals surface area contributed by atoms with Crippen LogP contribution < -0.4 is 10.6 Å². The molecule has 3 nitrogen and oxygen atoms in total. The van der Waals surface area contributed by atoms with Crippen LogP contribution in [0.3, 0.4) is 0 Å². The standard InChI is InChI=1S/C17H19ClN2O/c1-13-4-2-3-5-14(13)10-11-19-12-17(21)20-16-8-6-15(18)7-9-16/h2-9,19H,10-12H2,1H3,(H,20,21). The number of nitrogens with one attached hydrogen (secondary N) is 2. The van der Waals surface area contributed by atoms with Crippen LogP contribution in [0.2, 0.25) is 5.02 Å². The summed E-state index contributed by atoms with van der Waals surface area (Å²) < 4.78 is 0. The van der Waals surface area contributed by atoms with Crippen molar-refractivity contribution >= 4 is 23.2 Å². The molecule has 0 saturated heterocycles. The summed E-state index contributed by atoms with van der Waals surface area (Å²) in [5.74, 6) is -0.0536. The Hall–Kier alpha value is -1.84. The maximum Gasteiger partial charge on any atom is 0.238 e. The van der Waals surface area contributed by atoms with Crippen LogP contribution in [0.5, 0.6) is 0 Å². The highest BCUT2D eigenvalue weighted by Gasteiger charge is 2.02. The second-order valence-electron chi connectivity index (χ2n) is 4.91. The van der Waals surface area contributed by atoms with E-state index >= 15 is 0 Å². The molecule has 2 aromatic rings. The number of halogens is 1. The van der Waals surface area contributed by atoms with Gasteiger partial charge in [0.25, 0.3) is 0 Å². The van der Waals surface area contributed by atoms with Crippen molar-refractivity contribution in [3.8, 4) is 0 Å². The van der Waals surface area contributed by atoms with Crippen molar-refractivity contribution in [3.05, 3.63) is 64.7 Å². The average Bonchev–Trinajstić information content (AvgIpc) is 2.48. The fourth-order valence-electron chi connectivity index (χ4n) is 2.05. The molecule has 2 aromatic carbocycles. The molecule has 0 fully saturated rings. The fourth-order valence-corrected chi connectivity index (χ4v) is 2.18. The van der Waals surface area contributed by atoms with Crippen molar-refractivity contribution in [2.45, 2.75) is 13.3 Å². The van der Waals surface area contributed by atoms with Gasteiger partial charge < -0.3 is 10.6 Å². The quantitative estimate of drug-likeness (QED) is 0.803. The molecule has 0 aliphatic heterocycles. The molecule has 110 valence electrons. The van der Waals surface area contributed by atoms with E-state index in [0.717, 1.165) is 18.7 Å². The Kier molecular flexibility index (Phi) is 5.78. The number of anilines is 1. The Balaban J connectivity index is 1.70. The maximum absolute atomic E-state index is 11.8. The zero-order valence-corrected chi connectivity index (χ0v) is 12.8. The molecule has 0 aromatic heterocycles. The van der Waals surface area contributed by atoms with Crippen LogP contribution >= 0.6 is 11.6 Å². The van der Waals surface area contributed by atoms with Gasteiger partial charge in [0.1, 0.15) is 0 Å². The summed E-state index contributed by atoms with van der Waals surface area (Å²) in [5, 5.41) is 6.63. The third kappa shape index (κ3) is 5.21. The molecule has 21 heavy (non-hydrogen) atoms. The molecule has 2 N–H and O–H groups in total. The normalized spacial score (nSPS) is 10.4. The van der Waals surface area contributed by atoms with Gasteiger partial charge in [-0.2, -0.15) is 0 Å². The van der Waals surface area contributed by atoms with Crippen LogP contribution in [0.1, 0.15) is 11.1 Å². The van der Waals surface area contributed by atoms with Gasteiger partial charge in [0.15, 0.2) is 0 Å². The summed E-state index contributed by atoms with van der Waals surface area (Å²) in [6, 6.07) is 15.4. The summed E-state index contributed by atoms with van der Waals surface area (Å²) in [6.07, 6.45) is 0.918. The largest absolute Gasteiger partial charge is 0.325 e. The van der Waals surface area contributed by atoms with Gasteiger partial charge in [-0.25, -0.2) is 0 Å². The van der Waals surface area contributed by atoms with Crippen LogP contribution in [0.25, 0.3) is 0 Å². The Morgan fingerprint density at radius 2 is 1.81 bits per heavy atom. The molecule has 1 amide bonds. The number of hydrogen-bond acceptors (Lipinski definition) is 2. The van der Waals surface area contributed by atoms with Crippen molar-refractivity contribution in [1.29, 1.82) is 0 Å². The number of aryl methyl sites for hydroxylation is 1. The summed E-state index contributed by atoms with van der Waals surface area (Å²) in [4.78, 5) is 11.8. The second kappa shape index (κ2) is 7.81. The fraction of sp³-hybridized carbons (Fsp3) is 0.235. The predicted octanol–water partition coefficient (Wildman–Crippen LogP) is 3.42. The van der Waals surface area contributed by atoms with Crippen molar-refractivity contribution in [1.82, 2.24) is 5.32 Å². The monoisotopic (exact) mass is 302 g/mol. The molecular formula is C17H19ClN2O. The number of amides is 1. The smallest absolute Gasteiger partial charge is 0.238 e. The average molecular weight is 303 g/mol. The highest BCUT2D eigenvalue weighted by Crippen LogP contribution is 2.13. The Labute approximate surface area is 130 Å². The summed E-state index contributed by atoms with van der Waals surface area (Å²) in [6.45, 7) is 3.18. The molecule has 0 unspecified atom stereocenters. The minimum atomic E-state index is -0.0536. The zero-order chi connectivity index (χ0) is 15.1. The molecule has 0 spiro atoms. The van der Waals surface area contributed by atoms with Gasteiger partial charge in [0, 0.05) is 10.7 Å². The topological polar surface area (TPSA) is 41.1 Å². The summed E-state index contributed by atoms with van der Waals surface area (Å²) in [5.41, 5.74) is 3.35. The zero-order valence-electron chi connectivity index (χ0n) is 12.0. The van der Waals surface area contributed by atoms with Crippen molar-refractivity contribution < 1.29 is 4.79 Å². The highest BCUT2D eigenvalue weighted by atomic mass is 35.5. The molecule has 0 radical (unpaired) electrons. The lowest BCUT2D eigenvalue weighted by atomic mass is 10.1. The Morgan fingerprint density at radius 3 is 2.52 bits per heavy atom. The summed E-state index contributed by atoms with van der Waals surface area (Å²) in [7, 11) is 0.